The molecule has 2 rings (SSSR count). The van der Waals surface area contributed by atoms with E-state index in [2.05, 4.69) is 22.1 Å². The molecule has 0 saturated heterocycles. The summed E-state index contributed by atoms with van der Waals surface area (Å²) in [5.41, 5.74) is 2.84. The molecule has 2 aromatic rings. The van der Waals surface area contributed by atoms with Crippen LogP contribution in [0.3, 0.4) is 0 Å². The highest BCUT2D eigenvalue weighted by Crippen LogP contribution is 2.18. The minimum absolute atomic E-state index is 0.0264. The predicted molar refractivity (Wildman–Crippen MR) is 84.6 cm³/mol. The van der Waals surface area contributed by atoms with Gasteiger partial charge in [0.25, 0.3) is 5.91 Å². The van der Waals surface area contributed by atoms with Crippen molar-refractivity contribution in [2.24, 2.45) is 0 Å². The Hall–Kier alpha value is -2.16. The van der Waals surface area contributed by atoms with Gasteiger partial charge < -0.3 is 10.4 Å². The number of carbonyl (C=O) groups is 1. The highest BCUT2D eigenvalue weighted by atomic mass is 32.1. The molecule has 1 heterocycles. The first-order valence-electron chi connectivity index (χ1n) is 6.54. The van der Waals surface area contributed by atoms with Crippen LogP contribution in [0.5, 0.6) is 0 Å². The Morgan fingerprint density at radius 2 is 2.24 bits per heavy atom. The Labute approximate surface area is 127 Å². The SMILES string of the molecule is Cc1ccc(C#CCCO)c(NC(=O)c2csc(C)n2)c1. The van der Waals surface area contributed by atoms with Crippen molar-refractivity contribution >= 4 is 22.9 Å². The zero-order chi connectivity index (χ0) is 15.2. The Balaban J connectivity index is 2.24. The van der Waals surface area contributed by atoms with Gasteiger partial charge in [0.15, 0.2) is 0 Å². The second-order valence-electron chi connectivity index (χ2n) is 4.53. The molecule has 0 spiro atoms. The molecule has 0 aliphatic rings. The topological polar surface area (TPSA) is 62.2 Å². The molecule has 0 fully saturated rings. The van der Waals surface area contributed by atoms with Crippen LogP contribution in [0.2, 0.25) is 0 Å². The van der Waals surface area contributed by atoms with E-state index in [0.29, 0.717) is 17.8 Å². The van der Waals surface area contributed by atoms with E-state index >= 15 is 0 Å². The summed E-state index contributed by atoms with van der Waals surface area (Å²) in [7, 11) is 0. The summed E-state index contributed by atoms with van der Waals surface area (Å²) in [5, 5.41) is 14.2. The molecular formula is C16H16N2O2S. The van der Waals surface area contributed by atoms with E-state index in [1.807, 2.05) is 32.0 Å². The number of nitrogens with zero attached hydrogens (tertiary/aromatic N) is 1. The Kier molecular flexibility index (Phi) is 5.09. The third kappa shape index (κ3) is 4.15. The summed E-state index contributed by atoms with van der Waals surface area (Å²) in [6.45, 7) is 3.84. The van der Waals surface area contributed by atoms with Crippen molar-refractivity contribution in [2.75, 3.05) is 11.9 Å². The number of aromatic nitrogens is 1. The molecule has 2 N–H and O–H groups in total. The predicted octanol–water partition coefficient (Wildman–Crippen LogP) is 2.75. The molecule has 21 heavy (non-hydrogen) atoms. The zero-order valence-corrected chi connectivity index (χ0v) is 12.8. The van der Waals surface area contributed by atoms with E-state index in [-0.39, 0.29) is 12.5 Å². The van der Waals surface area contributed by atoms with Gasteiger partial charge in [0.2, 0.25) is 0 Å². The summed E-state index contributed by atoms with van der Waals surface area (Å²) in [4.78, 5) is 16.3. The van der Waals surface area contributed by atoms with Gasteiger partial charge in [0.1, 0.15) is 5.69 Å². The van der Waals surface area contributed by atoms with Crippen LogP contribution < -0.4 is 5.32 Å². The van der Waals surface area contributed by atoms with Gasteiger partial charge in [-0.05, 0) is 31.5 Å². The summed E-state index contributed by atoms with van der Waals surface area (Å²) < 4.78 is 0. The fourth-order valence-corrected chi connectivity index (χ4v) is 2.33. The quantitative estimate of drug-likeness (QED) is 0.857. The number of amides is 1. The second kappa shape index (κ2) is 7.02. The van der Waals surface area contributed by atoms with E-state index in [9.17, 15) is 4.79 Å². The number of carbonyl (C=O) groups excluding carboxylic acids is 1. The van der Waals surface area contributed by atoms with Crippen LogP contribution in [-0.2, 0) is 0 Å². The van der Waals surface area contributed by atoms with Gasteiger partial charge >= 0.3 is 0 Å². The summed E-state index contributed by atoms with van der Waals surface area (Å²) in [6.07, 6.45) is 0.409. The van der Waals surface area contributed by atoms with E-state index in [4.69, 9.17) is 5.11 Å². The molecule has 0 unspecified atom stereocenters. The van der Waals surface area contributed by atoms with Crippen molar-refractivity contribution in [3.8, 4) is 11.8 Å². The minimum Gasteiger partial charge on any atom is -0.395 e. The molecule has 0 atom stereocenters. The van der Waals surface area contributed by atoms with Crippen molar-refractivity contribution < 1.29 is 9.90 Å². The first-order valence-corrected chi connectivity index (χ1v) is 7.42. The molecule has 4 nitrogen and oxygen atoms in total. The van der Waals surface area contributed by atoms with Gasteiger partial charge in [-0.2, -0.15) is 0 Å². The maximum absolute atomic E-state index is 12.2. The van der Waals surface area contributed by atoms with Gasteiger partial charge in [-0.15, -0.1) is 11.3 Å². The number of aliphatic hydroxyl groups is 1. The molecule has 1 aromatic heterocycles. The van der Waals surface area contributed by atoms with Crippen molar-refractivity contribution in [3.63, 3.8) is 0 Å². The van der Waals surface area contributed by atoms with Crippen LogP contribution >= 0.6 is 11.3 Å². The number of nitrogens with one attached hydrogen (secondary N) is 1. The van der Waals surface area contributed by atoms with Crippen molar-refractivity contribution in [1.29, 1.82) is 0 Å². The summed E-state index contributed by atoms with van der Waals surface area (Å²) >= 11 is 1.44. The van der Waals surface area contributed by atoms with Crippen molar-refractivity contribution in [3.05, 3.63) is 45.4 Å². The van der Waals surface area contributed by atoms with Crippen LogP contribution in [0.1, 0.15) is 33.0 Å². The monoisotopic (exact) mass is 300 g/mol. The number of aryl methyl sites for hydroxylation is 2. The van der Waals surface area contributed by atoms with Crippen LogP contribution in [0.15, 0.2) is 23.6 Å². The lowest BCUT2D eigenvalue weighted by molar-refractivity contribution is 0.102. The molecule has 0 aliphatic heterocycles. The molecule has 1 amide bonds. The maximum Gasteiger partial charge on any atom is 0.275 e. The smallest absolute Gasteiger partial charge is 0.275 e. The lowest BCUT2D eigenvalue weighted by Crippen LogP contribution is -2.13. The molecule has 5 heteroatoms. The van der Waals surface area contributed by atoms with Crippen molar-refractivity contribution in [1.82, 2.24) is 4.98 Å². The molecule has 0 bridgehead atoms. The normalized spacial score (nSPS) is 9.86. The van der Waals surface area contributed by atoms with E-state index in [1.165, 1.54) is 11.3 Å². The van der Waals surface area contributed by atoms with Crippen LogP contribution in [-0.4, -0.2) is 22.6 Å². The lowest BCUT2D eigenvalue weighted by atomic mass is 10.1. The number of hydrogen-bond acceptors (Lipinski definition) is 4. The number of anilines is 1. The summed E-state index contributed by atoms with van der Waals surface area (Å²) in [5.74, 6) is 5.58. The van der Waals surface area contributed by atoms with Gasteiger partial charge in [-0.3, -0.25) is 4.79 Å². The average Bonchev–Trinajstić information content (AvgIpc) is 2.88. The van der Waals surface area contributed by atoms with Crippen molar-refractivity contribution in [2.45, 2.75) is 20.3 Å². The first kappa shape index (κ1) is 15.2. The van der Waals surface area contributed by atoms with Gasteiger partial charge in [0, 0.05) is 17.4 Å². The standard InChI is InChI=1S/C16H16N2O2S/c1-11-6-7-13(5-3-4-8-19)14(9-11)18-16(20)15-10-21-12(2)17-15/h6-7,9-10,19H,4,8H2,1-2H3,(H,18,20). The number of thiazole rings is 1. The van der Waals surface area contributed by atoms with Crippen LogP contribution in [0.25, 0.3) is 0 Å². The minimum atomic E-state index is -0.241. The molecule has 108 valence electrons. The fourth-order valence-electron chi connectivity index (χ4n) is 1.74. The van der Waals surface area contributed by atoms with Gasteiger partial charge in [-0.25, -0.2) is 4.98 Å². The van der Waals surface area contributed by atoms with Crippen LogP contribution in [0.4, 0.5) is 5.69 Å². The summed E-state index contributed by atoms with van der Waals surface area (Å²) in [6, 6.07) is 5.67. The second-order valence-corrected chi connectivity index (χ2v) is 5.59. The molecule has 1 aromatic carbocycles. The van der Waals surface area contributed by atoms with Crippen LogP contribution in [0, 0.1) is 25.7 Å². The average molecular weight is 300 g/mol. The molecular weight excluding hydrogens is 284 g/mol. The van der Waals surface area contributed by atoms with E-state index in [0.717, 1.165) is 16.1 Å². The van der Waals surface area contributed by atoms with Gasteiger partial charge in [-0.1, -0.05) is 17.9 Å². The lowest BCUT2D eigenvalue weighted by Gasteiger charge is -2.07. The largest absolute Gasteiger partial charge is 0.395 e. The van der Waals surface area contributed by atoms with E-state index < -0.39 is 0 Å². The number of benzene rings is 1. The molecule has 0 aliphatic carbocycles. The number of rotatable bonds is 3. The van der Waals surface area contributed by atoms with Gasteiger partial charge in [0.05, 0.1) is 17.3 Å². The Morgan fingerprint density at radius 3 is 2.90 bits per heavy atom. The Morgan fingerprint density at radius 1 is 1.43 bits per heavy atom. The molecule has 0 saturated carbocycles. The number of hydrogen-bond donors (Lipinski definition) is 2. The maximum atomic E-state index is 12.2. The highest BCUT2D eigenvalue weighted by molar-refractivity contribution is 7.09. The number of aliphatic hydroxyl groups excluding tert-OH is 1. The third-order valence-electron chi connectivity index (χ3n) is 2.73. The van der Waals surface area contributed by atoms with E-state index in [1.54, 1.807) is 5.38 Å². The third-order valence-corrected chi connectivity index (χ3v) is 3.51. The fraction of sp³-hybridized carbons (Fsp3) is 0.250. The Bertz CT molecular complexity index is 711. The highest BCUT2D eigenvalue weighted by Gasteiger charge is 2.11. The molecule has 0 radical (unpaired) electrons. The first-order chi connectivity index (χ1) is 10.1. The zero-order valence-electron chi connectivity index (χ0n) is 11.9.